The number of amides is 1. The number of nitrogens with two attached hydrogens (primary N) is 1. The standard InChI is InChI=1S/C16H21N5O/c17-9-13-4-1-2-7-15(13)20-16(22)12-5-3-6-14(8-12)21-11-18-10-19-21/h3,5-6,8,10-11,13,15H,1-2,4,7,9,17H2,(H,20,22). The van der Waals surface area contributed by atoms with E-state index in [-0.39, 0.29) is 11.9 Å². The highest BCUT2D eigenvalue weighted by molar-refractivity contribution is 5.94. The molecule has 0 bridgehead atoms. The number of hydrogen-bond acceptors (Lipinski definition) is 4. The molecule has 22 heavy (non-hydrogen) atoms. The molecule has 0 radical (unpaired) electrons. The fourth-order valence-corrected chi connectivity index (χ4v) is 3.06. The van der Waals surface area contributed by atoms with Crippen LogP contribution in [0.2, 0.25) is 0 Å². The molecule has 116 valence electrons. The number of rotatable bonds is 4. The minimum Gasteiger partial charge on any atom is -0.349 e. The Bertz CT molecular complexity index is 625. The smallest absolute Gasteiger partial charge is 0.251 e. The van der Waals surface area contributed by atoms with Gasteiger partial charge in [0.15, 0.2) is 0 Å². The molecule has 1 saturated carbocycles. The average molecular weight is 299 g/mol. The third kappa shape index (κ3) is 3.17. The molecule has 1 aliphatic rings. The highest BCUT2D eigenvalue weighted by Crippen LogP contribution is 2.24. The van der Waals surface area contributed by atoms with Gasteiger partial charge in [-0.2, -0.15) is 5.10 Å². The highest BCUT2D eigenvalue weighted by Gasteiger charge is 2.25. The van der Waals surface area contributed by atoms with Crippen molar-refractivity contribution in [1.82, 2.24) is 20.1 Å². The SMILES string of the molecule is NCC1CCCCC1NC(=O)c1cccc(-n2cncn2)c1. The van der Waals surface area contributed by atoms with Crippen molar-refractivity contribution in [2.24, 2.45) is 11.7 Å². The van der Waals surface area contributed by atoms with Crippen molar-refractivity contribution in [2.45, 2.75) is 31.7 Å². The molecule has 0 spiro atoms. The summed E-state index contributed by atoms with van der Waals surface area (Å²) in [5.74, 6) is 0.337. The van der Waals surface area contributed by atoms with E-state index in [4.69, 9.17) is 5.73 Å². The van der Waals surface area contributed by atoms with E-state index < -0.39 is 0 Å². The van der Waals surface area contributed by atoms with Gasteiger partial charge in [-0.05, 0) is 43.5 Å². The molecule has 0 saturated heterocycles. The lowest BCUT2D eigenvalue weighted by Gasteiger charge is -2.31. The first-order valence-electron chi connectivity index (χ1n) is 7.74. The molecule has 2 unspecified atom stereocenters. The molecule has 2 aromatic rings. The lowest BCUT2D eigenvalue weighted by atomic mass is 9.84. The van der Waals surface area contributed by atoms with E-state index in [1.165, 1.54) is 12.7 Å². The van der Waals surface area contributed by atoms with Gasteiger partial charge in [0.05, 0.1) is 5.69 Å². The zero-order chi connectivity index (χ0) is 15.4. The van der Waals surface area contributed by atoms with Crippen LogP contribution in [-0.2, 0) is 0 Å². The molecule has 3 rings (SSSR count). The van der Waals surface area contributed by atoms with Crippen LogP contribution in [0.4, 0.5) is 0 Å². The second kappa shape index (κ2) is 6.70. The lowest BCUT2D eigenvalue weighted by Crippen LogP contribution is -2.44. The van der Waals surface area contributed by atoms with Crippen molar-refractivity contribution >= 4 is 5.91 Å². The molecule has 6 nitrogen and oxygen atoms in total. The molecular weight excluding hydrogens is 278 g/mol. The van der Waals surface area contributed by atoms with Crippen LogP contribution in [-0.4, -0.2) is 33.3 Å². The summed E-state index contributed by atoms with van der Waals surface area (Å²) in [6.07, 6.45) is 7.55. The molecule has 3 N–H and O–H groups in total. The van der Waals surface area contributed by atoms with E-state index in [0.29, 0.717) is 18.0 Å². The summed E-state index contributed by atoms with van der Waals surface area (Å²) in [6.45, 7) is 0.629. The highest BCUT2D eigenvalue weighted by atomic mass is 16.1. The van der Waals surface area contributed by atoms with Crippen LogP contribution in [0, 0.1) is 5.92 Å². The molecule has 1 heterocycles. The normalized spacial score (nSPS) is 21.5. The van der Waals surface area contributed by atoms with Crippen LogP contribution >= 0.6 is 0 Å². The fraction of sp³-hybridized carbons (Fsp3) is 0.438. The third-order valence-corrected chi connectivity index (χ3v) is 4.32. The van der Waals surface area contributed by atoms with Gasteiger partial charge < -0.3 is 11.1 Å². The first kappa shape index (κ1) is 14.7. The lowest BCUT2D eigenvalue weighted by molar-refractivity contribution is 0.0908. The van der Waals surface area contributed by atoms with Crippen molar-refractivity contribution in [3.63, 3.8) is 0 Å². The monoisotopic (exact) mass is 299 g/mol. The van der Waals surface area contributed by atoms with Crippen molar-refractivity contribution in [3.05, 3.63) is 42.5 Å². The summed E-state index contributed by atoms with van der Waals surface area (Å²) >= 11 is 0. The molecular formula is C16H21N5O. The van der Waals surface area contributed by atoms with E-state index >= 15 is 0 Å². The van der Waals surface area contributed by atoms with E-state index in [0.717, 1.165) is 24.9 Å². The maximum Gasteiger partial charge on any atom is 0.251 e. The molecule has 1 aliphatic carbocycles. The Balaban J connectivity index is 1.73. The second-order valence-corrected chi connectivity index (χ2v) is 5.75. The van der Waals surface area contributed by atoms with Gasteiger partial charge in [-0.1, -0.05) is 18.9 Å². The van der Waals surface area contributed by atoms with Gasteiger partial charge in [0.2, 0.25) is 0 Å². The average Bonchev–Trinajstić information content (AvgIpc) is 3.10. The largest absolute Gasteiger partial charge is 0.349 e. The number of benzene rings is 1. The Morgan fingerprint density at radius 1 is 1.36 bits per heavy atom. The number of nitrogens with zero attached hydrogens (tertiary/aromatic N) is 3. The Morgan fingerprint density at radius 3 is 3.00 bits per heavy atom. The van der Waals surface area contributed by atoms with E-state index in [1.807, 2.05) is 24.3 Å². The first-order valence-corrected chi connectivity index (χ1v) is 7.74. The van der Waals surface area contributed by atoms with Crippen molar-refractivity contribution in [2.75, 3.05) is 6.54 Å². The van der Waals surface area contributed by atoms with Gasteiger partial charge >= 0.3 is 0 Å². The Morgan fingerprint density at radius 2 is 2.23 bits per heavy atom. The van der Waals surface area contributed by atoms with E-state index in [9.17, 15) is 4.79 Å². The minimum absolute atomic E-state index is 0.0488. The Labute approximate surface area is 129 Å². The quantitative estimate of drug-likeness (QED) is 0.896. The topological polar surface area (TPSA) is 85.8 Å². The molecule has 1 amide bonds. The predicted octanol–water partition coefficient (Wildman–Crippen LogP) is 1.51. The van der Waals surface area contributed by atoms with Crippen LogP contribution in [0.25, 0.3) is 5.69 Å². The summed E-state index contributed by atoms with van der Waals surface area (Å²) in [6, 6.07) is 7.57. The van der Waals surface area contributed by atoms with Crippen LogP contribution in [0.15, 0.2) is 36.9 Å². The number of hydrogen-bond donors (Lipinski definition) is 2. The first-order chi connectivity index (χ1) is 10.8. The zero-order valence-electron chi connectivity index (χ0n) is 12.5. The van der Waals surface area contributed by atoms with Crippen LogP contribution in [0.5, 0.6) is 0 Å². The third-order valence-electron chi connectivity index (χ3n) is 4.32. The van der Waals surface area contributed by atoms with Gasteiger partial charge in [-0.15, -0.1) is 0 Å². The Hall–Kier alpha value is -2.21. The number of carbonyl (C=O) groups is 1. The maximum atomic E-state index is 12.5. The zero-order valence-corrected chi connectivity index (χ0v) is 12.5. The van der Waals surface area contributed by atoms with Crippen molar-refractivity contribution in [1.29, 1.82) is 0 Å². The Kier molecular flexibility index (Phi) is 4.48. The van der Waals surface area contributed by atoms with E-state index in [2.05, 4.69) is 15.4 Å². The molecule has 2 atom stereocenters. The van der Waals surface area contributed by atoms with E-state index in [1.54, 1.807) is 11.0 Å². The van der Waals surface area contributed by atoms with Crippen molar-refractivity contribution in [3.8, 4) is 5.69 Å². The predicted molar refractivity (Wildman–Crippen MR) is 83.6 cm³/mol. The summed E-state index contributed by atoms with van der Waals surface area (Å²) in [7, 11) is 0. The van der Waals surface area contributed by atoms with Crippen LogP contribution in [0.3, 0.4) is 0 Å². The molecule has 0 aliphatic heterocycles. The van der Waals surface area contributed by atoms with Gasteiger partial charge in [0.1, 0.15) is 12.7 Å². The van der Waals surface area contributed by atoms with Gasteiger partial charge in [-0.25, -0.2) is 9.67 Å². The summed E-state index contributed by atoms with van der Waals surface area (Å²) < 4.78 is 1.64. The molecule has 1 aromatic carbocycles. The number of carbonyl (C=O) groups excluding carboxylic acids is 1. The summed E-state index contributed by atoms with van der Waals surface area (Å²) in [5.41, 5.74) is 7.28. The van der Waals surface area contributed by atoms with Gasteiger partial charge in [0.25, 0.3) is 5.91 Å². The summed E-state index contributed by atoms with van der Waals surface area (Å²) in [4.78, 5) is 16.4. The molecule has 6 heteroatoms. The molecule has 1 fully saturated rings. The summed E-state index contributed by atoms with van der Waals surface area (Å²) in [5, 5.41) is 7.23. The van der Waals surface area contributed by atoms with Gasteiger partial charge in [0, 0.05) is 11.6 Å². The number of nitrogens with one attached hydrogen (secondary N) is 1. The van der Waals surface area contributed by atoms with Crippen LogP contribution in [0.1, 0.15) is 36.0 Å². The van der Waals surface area contributed by atoms with Crippen molar-refractivity contribution < 1.29 is 4.79 Å². The number of aromatic nitrogens is 3. The second-order valence-electron chi connectivity index (χ2n) is 5.75. The fourth-order valence-electron chi connectivity index (χ4n) is 3.06. The van der Waals surface area contributed by atoms with Crippen LogP contribution < -0.4 is 11.1 Å². The minimum atomic E-state index is -0.0488. The molecule has 1 aromatic heterocycles. The maximum absolute atomic E-state index is 12.5. The van der Waals surface area contributed by atoms with Gasteiger partial charge in [-0.3, -0.25) is 4.79 Å².